The Hall–Kier alpha value is -2.50. The molecule has 3 aromatic rings. The van der Waals surface area contributed by atoms with Crippen molar-refractivity contribution < 1.29 is 9.13 Å². The van der Waals surface area contributed by atoms with Gasteiger partial charge in [-0.2, -0.15) is 0 Å². The van der Waals surface area contributed by atoms with Gasteiger partial charge in [-0.25, -0.2) is 4.39 Å². The highest BCUT2D eigenvalue weighted by atomic mass is 32.2. The first kappa shape index (κ1) is 21.7. The molecule has 0 spiro atoms. The van der Waals surface area contributed by atoms with Gasteiger partial charge in [0.1, 0.15) is 18.2 Å². The first-order chi connectivity index (χ1) is 15.0. The van der Waals surface area contributed by atoms with Gasteiger partial charge in [0.05, 0.1) is 5.69 Å². The molecular formula is C26H29FN2OS. The van der Waals surface area contributed by atoms with Gasteiger partial charge in [-0.1, -0.05) is 23.9 Å². The van der Waals surface area contributed by atoms with Crippen molar-refractivity contribution in [2.45, 2.75) is 29.2 Å². The SMILES string of the molecule is CN1CCc2cc(Sc3ccc(COc4ccc(F)cc4)cc3)c(N(C)C)cc2CC1. The van der Waals surface area contributed by atoms with Crippen molar-refractivity contribution in [3.8, 4) is 5.75 Å². The Morgan fingerprint density at radius 3 is 2.23 bits per heavy atom. The highest BCUT2D eigenvalue weighted by molar-refractivity contribution is 7.99. The van der Waals surface area contributed by atoms with Gasteiger partial charge in [-0.05, 0) is 85.1 Å². The molecule has 5 heteroatoms. The molecule has 0 saturated heterocycles. The molecule has 162 valence electrons. The maximum Gasteiger partial charge on any atom is 0.123 e. The predicted octanol–water partition coefficient (Wildman–Crippen LogP) is 5.65. The van der Waals surface area contributed by atoms with Crippen molar-refractivity contribution in [1.29, 1.82) is 0 Å². The highest BCUT2D eigenvalue weighted by Gasteiger charge is 2.16. The Morgan fingerprint density at radius 1 is 0.935 bits per heavy atom. The Bertz CT molecular complexity index is 1020. The van der Waals surface area contributed by atoms with E-state index >= 15 is 0 Å². The van der Waals surface area contributed by atoms with Crippen molar-refractivity contribution in [3.05, 3.63) is 83.2 Å². The third kappa shape index (κ3) is 5.60. The Morgan fingerprint density at radius 2 is 1.58 bits per heavy atom. The zero-order valence-electron chi connectivity index (χ0n) is 18.4. The van der Waals surface area contributed by atoms with Gasteiger partial charge in [0.25, 0.3) is 0 Å². The summed E-state index contributed by atoms with van der Waals surface area (Å²) >= 11 is 1.81. The summed E-state index contributed by atoms with van der Waals surface area (Å²) < 4.78 is 18.8. The standard InChI is InChI=1S/C26H29FN2OS/c1-28(2)25-16-20-12-14-29(3)15-13-21(20)17-26(25)31-24-10-4-19(5-11-24)18-30-23-8-6-22(27)7-9-23/h4-11,16-17H,12-15,18H2,1-3H3. The van der Waals surface area contributed by atoms with Crippen LogP contribution in [0.25, 0.3) is 0 Å². The molecule has 1 aliphatic rings. The van der Waals surface area contributed by atoms with Crippen molar-refractivity contribution in [2.24, 2.45) is 0 Å². The van der Waals surface area contributed by atoms with Crippen LogP contribution in [0.3, 0.4) is 0 Å². The van der Waals surface area contributed by atoms with E-state index in [1.54, 1.807) is 12.1 Å². The Balaban J connectivity index is 1.47. The number of ether oxygens (including phenoxy) is 1. The van der Waals surface area contributed by atoms with E-state index in [2.05, 4.69) is 67.3 Å². The average molecular weight is 437 g/mol. The summed E-state index contributed by atoms with van der Waals surface area (Å²) in [6.45, 7) is 2.70. The third-order valence-corrected chi connectivity index (χ3v) is 6.71. The minimum Gasteiger partial charge on any atom is -0.489 e. The second-order valence-electron chi connectivity index (χ2n) is 8.27. The molecule has 3 aromatic carbocycles. The molecule has 0 saturated carbocycles. The fraction of sp³-hybridized carbons (Fsp3) is 0.308. The van der Waals surface area contributed by atoms with Crippen molar-refractivity contribution in [1.82, 2.24) is 4.90 Å². The van der Waals surface area contributed by atoms with Crippen LogP contribution < -0.4 is 9.64 Å². The first-order valence-corrected chi connectivity index (χ1v) is 11.5. The van der Waals surface area contributed by atoms with Crippen molar-refractivity contribution in [2.75, 3.05) is 39.1 Å². The molecule has 1 aliphatic heterocycles. The van der Waals surface area contributed by atoms with Crippen LogP contribution in [-0.4, -0.2) is 39.1 Å². The predicted molar refractivity (Wildman–Crippen MR) is 127 cm³/mol. The number of hydrogen-bond donors (Lipinski definition) is 0. The summed E-state index contributed by atoms with van der Waals surface area (Å²) in [5.74, 6) is 0.418. The van der Waals surface area contributed by atoms with Gasteiger partial charge in [-0.15, -0.1) is 0 Å². The smallest absolute Gasteiger partial charge is 0.123 e. The number of halogens is 1. The molecule has 4 rings (SSSR count). The summed E-state index contributed by atoms with van der Waals surface area (Å²) in [7, 11) is 6.44. The van der Waals surface area contributed by atoms with E-state index in [9.17, 15) is 4.39 Å². The van der Waals surface area contributed by atoms with Gasteiger partial charge < -0.3 is 14.5 Å². The summed E-state index contributed by atoms with van der Waals surface area (Å²) in [5.41, 5.74) is 5.32. The van der Waals surface area contributed by atoms with E-state index in [1.807, 2.05) is 11.8 Å². The highest BCUT2D eigenvalue weighted by Crippen LogP contribution is 2.38. The molecule has 0 atom stereocenters. The number of fused-ring (bicyclic) bond motifs is 1. The molecule has 3 nitrogen and oxygen atoms in total. The van der Waals surface area contributed by atoms with Crippen LogP contribution in [0.15, 0.2) is 70.5 Å². The fourth-order valence-corrected chi connectivity index (χ4v) is 4.84. The Labute approximate surface area is 188 Å². The van der Waals surface area contributed by atoms with Crippen LogP contribution in [0, 0.1) is 5.82 Å². The Kier molecular flexibility index (Phi) is 6.83. The number of nitrogens with zero attached hydrogens (tertiary/aromatic N) is 2. The molecule has 0 radical (unpaired) electrons. The lowest BCUT2D eigenvalue weighted by Gasteiger charge is -2.20. The molecule has 1 heterocycles. The second kappa shape index (κ2) is 9.75. The van der Waals surface area contributed by atoms with Crippen LogP contribution in [0.5, 0.6) is 5.75 Å². The van der Waals surface area contributed by atoms with Crippen LogP contribution >= 0.6 is 11.8 Å². The average Bonchev–Trinajstić information content (AvgIpc) is 2.95. The van der Waals surface area contributed by atoms with Crippen LogP contribution in [0.2, 0.25) is 0 Å². The molecule has 0 amide bonds. The van der Waals surface area contributed by atoms with Crippen LogP contribution in [0.4, 0.5) is 10.1 Å². The van der Waals surface area contributed by atoms with Gasteiger partial charge in [0.15, 0.2) is 0 Å². The fourth-order valence-electron chi connectivity index (χ4n) is 3.76. The van der Waals surface area contributed by atoms with Gasteiger partial charge >= 0.3 is 0 Å². The summed E-state index contributed by atoms with van der Waals surface area (Å²) in [6, 6.07) is 19.4. The molecule has 31 heavy (non-hydrogen) atoms. The van der Waals surface area contributed by atoms with E-state index in [1.165, 1.54) is 38.7 Å². The van der Waals surface area contributed by atoms with E-state index in [-0.39, 0.29) is 5.82 Å². The quantitative estimate of drug-likeness (QED) is 0.496. The first-order valence-electron chi connectivity index (χ1n) is 10.6. The normalized spacial score (nSPS) is 14.1. The molecule has 0 fully saturated rings. The number of benzene rings is 3. The number of rotatable bonds is 6. The molecule has 0 unspecified atom stereocenters. The molecule has 0 bridgehead atoms. The maximum atomic E-state index is 13.0. The lowest BCUT2D eigenvalue weighted by molar-refractivity contribution is 0.305. The van der Waals surface area contributed by atoms with Gasteiger partial charge in [0, 0.05) is 37.0 Å². The second-order valence-corrected chi connectivity index (χ2v) is 9.39. The van der Waals surface area contributed by atoms with Crippen molar-refractivity contribution >= 4 is 17.4 Å². The van der Waals surface area contributed by atoms with Crippen LogP contribution in [0.1, 0.15) is 16.7 Å². The maximum absolute atomic E-state index is 13.0. The molecule has 0 aromatic heterocycles. The van der Waals surface area contributed by atoms with E-state index < -0.39 is 0 Å². The zero-order valence-corrected chi connectivity index (χ0v) is 19.2. The lowest BCUT2D eigenvalue weighted by Crippen LogP contribution is -2.20. The van der Waals surface area contributed by atoms with E-state index in [4.69, 9.17) is 4.74 Å². The molecule has 0 aliphatic carbocycles. The lowest BCUT2D eigenvalue weighted by atomic mass is 10.0. The monoisotopic (exact) mass is 436 g/mol. The van der Waals surface area contributed by atoms with Crippen LogP contribution in [-0.2, 0) is 19.4 Å². The van der Waals surface area contributed by atoms with Gasteiger partial charge in [-0.3, -0.25) is 0 Å². The number of likely N-dealkylation sites (N-methyl/N-ethyl adjacent to an activating group) is 1. The number of hydrogen-bond acceptors (Lipinski definition) is 4. The molecular weight excluding hydrogens is 407 g/mol. The number of anilines is 1. The van der Waals surface area contributed by atoms with Crippen molar-refractivity contribution in [3.63, 3.8) is 0 Å². The largest absolute Gasteiger partial charge is 0.489 e. The van der Waals surface area contributed by atoms with Gasteiger partial charge in [0.2, 0.25) is 0 Å². The minimum absolute atomic E-state index is 0.254. The molecule has 0 N–H and O–H groups in total. The topological polar surface area (TPSA) is 15.7 Å². The summed E-state index contributed by atoms with van der Waals surface area (Å²) in [5, 5.41) is 0. The summed E-state index contributed by atoms with van der Waals surface area (Å²) in [4.78, 5) is 7.12. The van der Waals surface area contributed by atoms with E-state index in [0.29, 0.717) is 12.4 Å². The zero-order chi connectivity index (χ0) is 21.8. The summed E-state index contributed by atoms with van der Waals surface area (Å²) in [6.07, 6.45) is 2.22. The third-order valence-electron chi connectivity index (χ3n) is 5.66. The minimum atomic E-state index is -0.254. The van der Waals surface area contributed by atoms with E-state index in [0.717, 1.165) is 31.5 Å².